The summed E-state index contributed by atoms with van der Waals surface area (Å²) in [5.41, 5.74) is -0.0244. The Hall–Kier alpha value is -1.14. The van der Waals surface area contributed by atoms with E-state index in [2.05, 4.69) is 0 Å². The highest BCUT2D eigenvalue weighted by molar-refractivity contribution is 7.93. The summed E-state index contributed by atoms with van der Waals surface area (Å²) in [7, 11) is -3.82. The summed E-state index contributed by atoms with van der Waals surface area (Å²) < 4.78 is 37.7. The summed E-state index contributed by atoms with van der Waals surface area (Å²) in [5, 5.41) is -0.119. The van der Waals surface area contributed by atoms with E-state index in [1.807, 2.05) is 0 Å². The van der Waals surface area contributed by atoms with Gasteiger partial charge in [-0.25, -0.2) is 17.1 Å². The zero-order valence-corrected chi connectivity index (χ0v) is 12.4. The fraction of sp³-hybridized carbons (Fsp3) is 0.417. The molecule has 0 saturated carbocycles. The van der Waals surface area contributed by atoms with Crippen molar-refractivity contribution in [3.63, 3.8) is 0 Å². The van der Waals surface area contributed by atoms with Gasteiger partial charge in [-0.05, 0) is 25.1 Å². The summed E-state index contributed by atoms with van der Waals surface area (Å²) in [4.78, 5) is 12.1. The Bertz CT molecular complexity index is 587. The van der Waals surface area contributed by atoms with Crippen LogP contribution in [0, 0.1) is 11.7 Å². The van der Waals surface area contributed by atoms with Gasteiger partial charge in [0.15, 0.2) is 0 Å². The Morgan fingerprint density at radius 2 is 2.00 bits per heavy atom. The van der Waals surface area contributed by atoms with Crippen LogP contribution in [0.1, 0.15) is 20.8 Å². The van der Waals surface area contributed by atoms with E-state index in [1.54, 1.807) is 13.8 Å². The lowest BCUT2D eigenvalue weighted by Gasteiger charge is -2.24. The molecule has 7 heteroatoms. The summed E-state index contributed by atoms with van der Waals surface area (Å²) in [5.74, 6) is -1.98. The third-order valence-corrected chi connectivity index (χ3v) is 4.43. The van der Waals surface area contributed by atoms with E-state index in [0.29, 0.717) is 4.31 Å². The molecular weight excluding hydrogens is 293 g/mol. The minimum absolute atomic E-state index is 0.0244. The molecule has 106 valence electrons. The minimum Gasteiger partial charge on any atom is -0.273 e. The van der Waals surface area contributed by atoms with E-state index in [9.17, 15) is 17.6 Å². The molecule has 0 heterocycles. The normalized spacial score (nSPS) is 11.7. The molecule has 1 amide bonds. The van der Waals surface area contributed by atoms with Crippen molar-refractivity contribution in [3.05, 3.63) is 29.0 Å². The molecule has 0 aliphatic heterocycles. The molecular formula is C12H15ClFNO3S. The van der Waals surface area contributed by atoms with E-state index in [-0.39, 0.29) is 16.5 Å². The van der Waals surface area contributed by atoms with Gasteiger partial charge in [-0.2, -0.15) is 0 Å². The van der Waals surface area contributed by atoms with Gasteiger partial charge in [0, 0.05) is 5.92 Å². The predicted octanol–water partition coefficient (Wildman–Crippen LogP) is 2.82. The zero-order valence-electron chi connectivity index (χ0n) is 10.9. The Labute approximate surface area is 117 Å². The molecule has 0 aliphatic carbocycles. The Balaban J connectivity index is 3.44. The van der Waals surface area contributed by atoms with Crippen LogP contribution in [0.4, 0.5) is 10.1 Å². The highest BCUT2D eigenvalue weighted by Gasteiger charge is 2.31. The smallest absolute Gasteiger partial charge is 0.243 e. The molecule has 0 aromatic heterocycles. The van der Waals surface area contributed by atoms with Gasteiger partial charge in [-0.15, -0.1) is 0 Å². The van der Waals surface area contributed by atoms with Gasteiger partial charge in [0.1, 0.15) is 5.82 Å². The number of carbonyl (C=O) groups excluding carboxylic acids is 1. The van der Waals surface area contributed by atoms with Crippen LogP contribution in [0.3, 0.4) is 0 Å². The van der Waals surface area contributed by atoms with Gasteiger partial charge < -0.3 is 0 Å². The first-order valence-electron chi connectivity index (χ1n) is 5.72. The van der Waals surface area contributed by atoms with E-state index in [4.69, 9.17) is 11.6 Å². The lowest BCUT2D eigenvalue weighted by molar-refractivity contribution is -0.120. The summed E-state index contributed by atoms with van der Waals surface area (Å²) >= 11 is 5.84. The number of amides is 1. The molecule has 0 saturated heterocycles. The number of nitrogens with zero attached hydrogens (tertiary/aromatic N) is 1. The lowest BCUT2D eigenvalue weighted by Crippen LogP contribution is -2.40. The van der Waals surface area contributed by atoms with Crippen molar-refractivity contribution in [2.45, 2.75) is 20.8 Å². The highest BCUT2D eigenvalue weighted by Crippen LogP contribution is 2.30. The van der Waals surface area contributed by atoms with Gasteiger partial charge in [-0.1, -0.05) is 25.4 Å². The number of halogens is 2. The number of anilines is 1. The predicted molar refractivity (Wildman–Crippen MR) is 73.2 cm³/mol. The monoisotopic (exact) mass is 307 g/mol. The number of benzene rings is 1. The van der Waals surface area contributed by atoms with Crippen molar-refractivity contribution in [2.24, 2.45) is 5.92 Å². The largest absolute Gasteiger partial charge is 0.273 e. The van der Waals surface area contributed by atoms with Crippen LogP contribution >= 0.6 is 11.6 Å². The van der Waals surface area contributed by atoms with Crippen molar-refractivity contribution >= 4 is 33.2 Å². The van der Waals surface area contributed by atoms with Crippen LogP contribution in [0.25, 0.3) is 0 Å². The average molecular weight is 308 g/mol. The standard InChI is InChI=1S/C12H15ClFNO3S/c1-4-19(17,18)15(12(16)8(2)3)11-6-5-9(14)7-10(11)13/h5-8H,4H2,1-3H3. The van der Waals surface area contributed by atoms with Crippen LogP contribution in [0.2, 0.25) is 5.02 Å². The van der Waals surface area contributed by atoms with Crippen LogP contribution < -0.4 is 4.31 Å². The summed E-state index contributed by atoms with van der Waals surface area (Å²) in [6.07, 6.45) is 0. The SMILES string of the molecule is CCS(=O)(=O)N(C(=O)C(C)C)c1ccc(F)cc1Cl. The molecule has 0 aliphatic rings. The second-order valence-corrected chi connectivity index (χ2v) is 6.77. The Morgan fingerprint density at radius 1 is 1.42 bits per heavy atom. The van der Waals surface area contributed by atoms with E-state index in [1.165, 1.54) is 13.0 Å². The fourth-order valence-electron chi connectivity index (χ4n) is 1.42. The van der Waals surface area contributed by atoms with Crippen LogP contribution in [0.5, 0.6) is 0 Å². The molecule has 0 bridgehead atoms. The van der Waals surface area contributed by atoms with Gasteiger partial charge in [0.2, 0.25) is 15.9 Å². The number of hydrogen-bond acceptors (Lipinski definition) is 3. The molecule has 0 fully saturated rings. The maximum Gasteiger partial charge on any atom is 0.243 e. The number of hydrogen-bond donors (Lipinski definition) is 0. The van der Waals surface area contributed by atoms with Crippen LogP contribution in [0.15, 0.2) is 18.2 Å². The minimum atomic E-state index is -3.82. The summed E-state index contributed by atoms with van der Waals surface area (Å²) in [6.45, 7) is 4.59. The molecule has 1 aromatic carbocycles. The van der Waals surface area contributed by atoms with Gasteiger partial charge >= 0.3 is 0 Å². The van der Waals surface area contributed by atoms with E-state index >= 15 is 0 Å². The molecule has 0 spiro atoms. The van der Waals surface area contributed by atoms with E-state index < -0.39 is 27.7 Å². The van der Waals surface area contributed by atoms with Gasteiger partial charge in [-0.3, -0.25) is 4.79 Å². The topological polar surface area (TPSA) is 54.5 Å². The third-order valence-electron chi connectivity index (χ3n) is 2.47. The highest BCUT2D eigenvalue weighted by atomic mass is 35.5. The van der Waals surface area contributed by atoms with Crippen LogP contribution in [-0.2, 0) is 14.8 Å². The first-order chi connectivity index (χ1) is 8.70. The number of carbonyl (C=O) groups is 1. The molecule has 1 aromatic rings. The second kappa shape index (κ2) is 5.88. The average Bonchev–Trinajstić information content (AvgIpc) is 2.31. The molecule has 0 radical (unpaired) electrons. The molecule has 0 unspecified atom stereocenters. The lowest BCUT2D eigenvalue weighted by atomic mass is 10.2. The first kappa shape index (κ1) is 15.9. The van der Waals surface area contributed by atoms with Crippen molar-refractivity contribution in [3.8, 4) is 0 Å². The maximum atomic E-state index is 13.0. The van der Waals surface area contributed by atoms with E-state index in [0.717, 1.165) is 12.1 Å². The van der Waals surface area contributed by atoms with Crippen molar-refractivity contribution in [2.75, 3.05) is 10.1 Å². The van der Waals surface area contributed by atoms with Crippen molar-refractivity contribution in [1.82, 2.24) is 0 Å². The molecule has 4 nitrogen and oxygen atoms in total. The molecule has 1 rings (SSSR count). The zero-order chi connectivity index (χ0) is 14.8. The number of rotatable bonds is 4. The van der Waals surface area contributed by atoms with Gasteiger partial charge in [0.25, 0.3) is 0 Å². The van der Waals surface area contributed by atoms with Gasteiger partial charge in [0.05, 0.1) is 16.5 Å². The maximum absolute atomic E-state index is 13.0. The molecule has 0 atom stereocenters. The number of sulfonamides is 1. The molecule has 19 heavy (non-hydrogen) atoms. The third kappa shape index (κ3) is 3.45. The van der Waals surface area contributed by atoms with Crippen molar-refractivity contribution < 1.29 is 17.6 Å². The quantitative estimate of drug-likeness (QED) is 0.859. The molecule has 0 N–H and O–H groups in total. The second-order valence-electron chi connectivity index (χ2n) is 4.25. The summed E-state index contributed by atoms with van der Waals surface area (Å²) in [6, 6.07) is 3.22. The first-order valence-corrected chi connectivity index (χ1v) is 7.71. The van der Waals surface area contributed by atoms with Crippen molar-refractivity contribution in [1.29, 1.82) is 0 Å². The fourth-order valence-corrected chi connectivity index (χ4v) is 2.92. The Morgan fingerprint density at radius 3 is 2.42 bits per heavy atom. The van der Waals surface area contributed by atoms with Crippen LogP contribution in [-0.4, -0.2) is 20.1 Å². The Kier molecular flexibility index (Phi) is 4.92.